The molecule has 2 amide bonds. The van der Waals surface area contributed by atoms with Crippen LogP contribution in [0, 0.1) is 5.92 Å². The highest BCUT2D eigenvalue weighted by Crippen LogP contribution is 2.13. The van der Waals surface area contributed by atoms with E-state index in [2.05, 4.69) is 15.4 Å². The molecule has 9 heteroatoms. The summed E-state index contributed by atoms with van der Waals surface area (Å²) in [4.78, 5) is 24.0. The molecule has 0 aliphatic carbocycles. The summed E-state index contributed by atoms with van der Waals surface area (Å²) in [5.74, 6) is -0.518. The molecule has 4 N–H and O–H groups in total. The van der Waals surface area contributed by atoms with Gasteiger partial charge in [0, 0.05) is 30.3 Å². The van der Waals surface area contributed by atoms with E-state index < -0.39 is 16.1 Å². The van der Waals surface area contributed by atoms with Gasteiger partial charge in [-0.25, -0.2) is 13.1 Å². The van der Waals surface area contributed by atoms with Gasteiger partial charge in [0.05, 0.1) is 11.0 Å². The van der Waals surface area contributed by atoms with E-state index >= 15 is 0 Å². The monoisotopic (exact) mass is 433 g/mol. The molecule has 162 valence electrons. The van der Waals surface area contributed by atoms with E-state index in [1.165, 1.54) is 31.2 Å². The van der Waals surface area contributed by atoms with Gasteiger partial charge in [-0.3, -0.25) is 9.59 Å². The standard InChI is InChI=1S/C21H27N3O5S/c1-14(2)20(26)24-18-8-4-16(5-9-18)13-22-21(27)17-6-10-19(11-7-17)30(28,29)23-12-15(3)25/h4-11,14-15,23,25H,12-13H2,1-3H3,(H,22,27)(H,24,26). The molecule has 0 aromatic heterocycles. The van der Waals surface area contributed by atoms with Crippen molar-refractivity contribution in [1.29, 1.82) is 0 Å². The molecular formula is C21H27N3O5S. The Hall–Kier alpha value is -2.75. The lowest BCUT2D eigenvalue weighted by Crippen LogP contribution is -2.30. The molecular weight excluding hydrogens is 406 g/mol. The third-order valence-corrected chi connectivity index (χ3v) is 5.63. The molecule has 0 spiro atoms. The van der Waals surface area contributed by atoms with E-state index in [0.717, 1.165) is 5.56 Å². The lowest BCUT2D eigenvalue weighted by atomic mass is 10.1. The second-order valence-corrected chi connectivity index (χ2v) is 9.02. The van der Waals surface area contributed by atoms with Crippen LogP contribution in [0.5, 0.6) is 0 Å². The summed E-state index contributed by atoms with van der Waals surface area (Å²) in [7, 11) is -3.74. The van der Waals surface area contributed by atoms with E-state index in [0.29, 0.717) is 11.3 Å². The number of sulfonamides is 1. The van der Waals surface area contributed by atoms with Crippen molar-refractivity contribution < 1.29 is 23.1 Å². The molecule has 2 aromatic rings. The lowest BCUT2D eigenvalue weighted by molar-refractivity contribution is -0.118. The Morgan fingerprint density at radius 3 is 2.10 bits per heavy atom. The Balaban J connectivity index is 1.93. The number of aliphatic hydroxyl groups excluding tert-OH is 1. The molecule has 30 heavy (non-hydrogen) atoms. The Kier molecular flexibility index (Phi) is 8.10. The summed E-state index contributed by atoms with van der Waals surface area (Å²) >= 11 is 0. The summed E-state index contributed by atoms with van der Waals surface area (Å²) in [5.41, 5.74) is 1.86. The van der Waals surface area contributed by atoms with Crippen molar-refractivity contribution in [1.82, 2.24) is 10.0 Å². The zero-order valence-corrected chi connectivity index (χ0v) is 18.0. The number of hydrogen-bond donors (Lipinski definition) is 4. The minimum Gasteiger partial charge on any atom is -0.392 e. The van der Waals surface area contributed by atoms with Crippen LogP contribution in [0.15, 0.2) is 53.4 Å². The van der Waals surface area contributed by atoms with Gasteiger partial charge in [-0.2, -0.15) is 0 Å². The van der Waals surface area contributed by atoms with Gasteiger partial charge >= 0.3 is 0 Å². The summed E-state index contributed by atoms with van der Waals surface area (Å²) in [5, 5.41) is 14.8. The maximum absolute atomic E-state index is 12.3. The minimum atomic E-state index is -3.74. The first kappa shape index (κ1) is 23.5. The molecule has 1 unspecified atom stereocenters. The van der Waals surface area contributed by atoms with Gasteiger partial charge in [0.1, 0.15) is 0 Å². The van der Waals surface area contributed by atoms with Crippen LogP contribution in [0.25, 0.3) is 0 Å². The maximum atomic E-state index is 12.3. The smallest absolute Gasteiger partial charge is 0.251 e. The number of rotatable bonds is 9. The highest BCUT2D eigenvalue weighted by molar-refractivity contribution is 7.89. The van der Waals surface area contributed by atoms with E-state index in [4.69, 9.17) is 0 Å². The molecule has 0 aliphatic rings. The van der Waals surface area contributed by atoms with Crippen molar-refractivity contribution >= 4 is 27.5 Å². The average molecular weight is 434 g/mol. The number of carbonyl (C=O) groups is 2. The third kappa shape index (κ3) is 6.94. The SMILES string of the molecule is CC(O)CNS(=O)(=O)c1ccc(C(=O)NCc2ccc(NC(=O)C(C)C)cc2)cc1. The predicted octanol–water partition coefficient (Wildman–Crippen LogP) is 1.87. The molecule has 0 radical (unpaired) electrons. The van der Waals surface area contributed by atoms with Crippen molar-refractivity contribution in [3.63, 3.8) is 0 Å². The third-order valence-electron chi connectivity index (χ3n) is 4.19. The van der Waals surface area contributed by atoms with E-state index in [-0.39, 0.29) is 35.7 Å². The number of anilines is 1. The van der Waals surface area contributed by atoms with Crippen LogP contribution < -0.4 is 15.4 Å². The number of amides is 2. The Labute approximate surface area is 176 Å². The Morgan fingerprint density at radius 1 is 0.967 bits per heavy atom. The van der Waals surface area contributed by atoms with Crippen LogP contribution in [0.3, 0.4) is 0 Å². The highest BCUT2D eigenvalue weighted by atomic mass is 32.2. The second kappa shape index (κ2) is 10.3. The molecule has 0 bridgehead atoms. The Bertz CT molecular complexity index is 969. The lowest BCUT2D eigenvalue weighted by Gasteiger charge is -2.10. The first-order chi connectivity index (χ1) is 14.1. The molecule has 0 aliphatic heterocycles. The molecule has 8 nitrogen and oxygen atoms in total. The van der Waals surface area contributed by atoms with Gasteiger partial charge in [-0.15, -0.1) is 0 Å². The number of carbonyl (C=O) groups excluding carboxylic acids is 2. The predicted molar refractivity (Wildman–Crippen MR) is 114 cm³/mol. The van der Waals surface area contributed by atoms with Crippen LogP contribution in [-0.2, 0) is 21.4 Å². The minimum absolute atomic E-state index is 0.0127. The van der Waals surface area contributed by atoms with Crippen LogP contribution >= 0.6 is 0 Å². The van der Waals surface area contributed by atoms with E-state index in [1.807, 2.05) is 13.8 Å². The molecule has 0 saturated carbocycles. The summed E-state index contributed by atoms with van der Waals surface area (Å²) in [6.45, 7) is 5.30. The molecule has 0 heterocycles. The van der Waals surface area contributed by atoms with Crippen molar-refractivity contribution in [2.24, 2.45) is 5.92 Å². The van der Waals surface area contributed by atoms with Gasteiger partial charge in [0.25, 0.3) is 5.91 Å². The van der Waals surface area contributed by atoms with Crippen molar-refractivity contribution in [2.75, 3.05) is 11.9 Å². The largest absolute Gasteiger partial charge is 0.392 e. The fourth-order valence-corrected chi connectivity index (χ4v) is 3.50. The first-order valence-electron chi connectivity index (χ1n) is 9.54. The molecule has 0 saturated heterocycles. The maximum Gasteiger partial charge on any atom is 0.251 e. The van der Waals surface area contributed by atoms with Crippen LogP contribution in [-0.4, -0.2) is 38.0 Å². The van der Waals surface area contributed by atoms with Gasteiger partial charge in [0.2, 0.25) is 15.9 Å². The molecule has 2 aromatic carbocycles. The normalized spacial score (nSPS) is 12.4. The number of benzene rings is 2. The number of aliphatic hydroxyl groups is 1. The fraction of sp³-hybridized carbons (Fsp3) is 0.333. The van der Waals surface area contributed by atoms with Crippen LogP contribution in [0.1, 0.15) is 36.7 Å². The number of nitrogens with one attached hydrogen (secondary N) is 3. The fourth-order valence-electron chi connectivity index (χ4n) is 2.38. The Morgan fingerprint density at radius 2 is 1.57 bits per heavy atom. The second-order valence-electron chi connectivity index (χ2n) is 7.25. The zero-order valence-electron chi connectivity index (χ0n) is 17.2. The topological polar surface area (TPSA) is 125 Å². The average Bonchev–Trinajstić information content (AvgIpc) is 2.71. The van der Waals surface area contributed by atoms with Crippen LogP contribution in [0.4, 0.5) is 5.69 Å². The van der Waals surface area contributed by atoms with Crippen molar-refractivity contribution in [2.45, 2.75) is 38.3 Å². The first-order valence-corrected chi connectivity index (χ1v) is 11.0. The van der Waals surface area contributed by atoms with Crippen LogP contribution in [0.2, 0.25) is 0 Å². The van der Waals surface area contributed by atoms with Gasteiger partial charge < -0.3 is 15.7 Å². The van der Waals surface area contributed by atoms with Gasteiger partial charge in [-0.05, 0) is 48.9 Å². The molecule has 0 fully saturated rings. The van der Waals surface area contributed by atoms with Crippen molar-refractivity contribution in [3.8, 4) is 0 Å². The van der Waals surface area contributed by atoms with E-state index in [1.54, 1.807) is 24.3 Å². The summed E-state index contributed by atoms with van der Waals surface area (Å²) in [6, 6.07) is 12.7. The molecule has 1 atom stereocenters. The van der Waals surface area contributed by atoms with Gasteiger partial charge in [-0.1, -0.05) is 26.0 Å². The van der Waals surface area contributed by atoms with Crippen molar-refractivity contribution in [3.05, 3.63) is 59.7 Å². The zero-order chi connectivity index (χ0) is 22.3. The van der Waals surface area contributed by atoms with Gasteiger partial charge in [0.15, 0.2) is 0 Å². The summed E-state index contributed by atoms with van der Waals surface area (Å²) < 4.78 is 26.5. The quantitative estimate of drug-likeness (QED) is 0.481. The summed E-state index contributed by atoms with van der Waals surface area (Å²) in [6.07, 6.45) is -0.801. The van der Waals surface area contributed by atoms with E-state index in [9.17, 15) is 23.1 Å². The number of hydrogen-bond acceptors (Lipinski definition) is 5. The highest BCUT2D eigenvalue weighted by Gasteiger charge is 2.15. The molecule has 2 rings (SSSR count).